The molecule has 2 heterocycles. The van der Waals surface area contributed by atoms with Crippen molar-refractivity contribution >= 4 is 0 Å². The number of nitrogens with zero attached hydrogens (tertiary/aromatic N) is 4. The van der Waals surface area contributed by atoms with Gasteiger partial charge in [0.15, 0.2) is 11.5 Å². The van der Waals surface area contributed by atoms with E-state index in [9.17, 15) is 0 Å². The number of aromatic nitrogens is 4. The van der Waals surface area contributed by atoms with E-state index >= 15 is 0 Å². The van der Waals surface area contributed by atoms with Gasteiger partial charge in [0.25, 0.3) is 5.89 Å². The van der Waals surface area contributed by atoms with Crippen molar-refractivity contribution in [2.75, 3.05) is 0 Å². The minimum Gasteiger partial charge on any atom is -0.332 e. The van der Waals surface area contributed by atoms with E-state index in [2.05, 4.69) is 42.5 Å². The first-order valence-electron chi connectivity index (χ1n) is 7.86. The van der Waals surface area contributed by atoms with Gasteiger partial charge in [0, 0.05) is 11.6 Å². The van der Waals surface area contributed by atoms with Gasteiger partial charge in [0.05, 0.1) is 6.04 Å². The highest BCUT2D eigenvalue weighted by Crippen LogP contribution is 2.57. The van der Waals surface area contributed by atoms with Crippen LogP contribution in [0.1, 0.15) is 63.5 Å². The van der Waals surface area contributed by atoms with Crippen LogP contribution in [0.2, 0.25) is 0 Å². The highest BCUT2D eigenvalue weighted by molar-refractivity contribution is 5.47. The molecule has 0 spiro atoms. The summed E-state index contributed by atoms with van der Waals surface area (Å²) >= 11 is 0. The van der Waals surface area contributed by atoms with Gasteiger partial charge in [-0.15, -0.1) is 0 Å². The molecule has 112 valence electrons. The maximum absolute atomic E-state index is 5.43. The van der Waals surface area contributed by atoms with Gasteiger partial charge >= 0.3 is 0 Å². The molecule has 21 heavy (non-hydrogen) atoms. The summed E-state index contributed by atoms with van der Waals surface area (Å²) in [6.45, 7) is 8.82. The first-order chi connectivity index (χ1) is 9.95. The highest BCUT2D eigenvalue weighted by atomic mass is 16.5. The fraction of sp³-hybridized carbons (Fsp3) is 0.688. The molecule has 0 bridgehead atoms. The van der Waals surface area contributed by atoms with E-state index < -0.39 is 0 Å². The molecule has 5 heteroatoms. The molecule has 2 aliphatic carbocycles. The van der Waals surface area contributed by atoms with Gasteiger partial charge in [-0.1, -0.05) is 19.0 Å². The second-order valence-electron chi connectivity index (χ2n) is 7.40. The standard InChI is InChI=1S/C16H22N4O/c1-9-7-13(18-20(9)10(2)11-5-6-11)15-17-14(19-21-15)12-8-16(12,3)4/h7,10-12H,5-6,8H2,1-4H3. The Labute approximate surface area is 124 Å². The molecule has 2 unspecified atom stereocenters. The van der Waals surface area contributed by atoms with Crippen LogP contribution in [-0.2, 0) is 0 Å². The first kappa shape index (κ1) is 13.0. The molecule has 2 aromatic heterocycles. The van der Waals surface area contributed by atoms with Crippen LogP contribution < -0.4 is 0 Å². The molecule has 5 nitrogen and oxygen atoms in total. The van der Waals surface area contributed by atoms with Crippen molar-refractivity contribution in [3.8, 4) is 11.6 Å². The van der Waals surface area contributed by atoms with E-state index in [0.717, 1.165) is 29.6 Å². The summed E-state index contributed by atoms with van der Waals surface area (Å²) in [6, 6.07) is 2.51. The molecule has 0 radical (unpaired) electrons. The molecule has 2 aliphatic rings. The number of aryl methyl sites for hydroxylation is 1. The Balaban J connectivity index is 1.60. The van der Waals surface area contributed by atoms with Gasteiger partial charge in [-0.3, -0.25) is 4.68 Å². The van der Waals surface area contributed by atoms with Gasteiger partial charge in [0.1, 0.15) is 0 Å². The van der Waals surface area contributed by atoms with Crippen LogP contribution >= 0.6 is 0 Å². The molecule has 2 fully saturated rings. The third-order valence-corrected chi connectivity index (χ3v) is 5.10. The van der Waals surface area contributed by atoms with Crippen LogP contribution in [0.5, 0.6) is 0 Å². The Morgan fingerprint density at radius 1 is 1.38 bits per heavy atom. The monoisotopic (exact) mass is 286 g/mol. The predicted molar refractivity (Wildman–Crippen MR) is 78.8 cm³/mol. The second kappa shape index (κ2) is 4.18. The Morgan fingerprint density at radius 3 is 2.71 bits per heavy atom. The number of hydrogen-bond acceptors (Lipinski definition) is 4. The number of hydrogen-bond donors (Lipinski definition) is 0. The van der Waals surface area contributed by atoms with Crippen LogP contribution in [0.4, 0.5) is 0 Å². The van der Waals surface area contributed by atoms with Crippen molar-refractivity contribution in [1.29, 1.82) is 0 Å². The molecule has 0 amide bonds. The molecule has 2 saturated carbocycles. The van der Waals surface area contributed by atoms with Crippen molar-refractivity contribution in [3.05, 3.63) is 17.6 Å². The van der Waals surface area contributed by atoms with E-state index in [1.165, 1.54) is 12.8 Å². The summed E-state index contributed by atoms with van der Waals surface area (Å²) < 4.78 is 7.54. The fourth-order valence-corrected chi connectivity index (χ4v) is 3.17. The molecular weight excluding hydrogens is 264 g/mol. The van der Waals surface area contributed by atoms with Crippen molar-refractivity contribution in [2.45, 2.75) is 58.9 Å². The minimum atomic E-state index is 0.316. The summed E-state index contributed by atoms with van der Waals surface area (Å²) in [4.78, 5) is 4.56. The first-order valence-corrected chi connectivity index (χ1v) is 7.86. The van der Waals surface area contributed by atoms with Gasteiger partial charge in [-0.2, -0.15) is 10.1 Å². The van der Waals surface area contributed by atoms with Gasteiger partial charge < -0.3 is 4.52 Å². The van der Waals surface area contributed by atoms with Crippen molar-refractivity contribution in [2.24, 2.45) is 11.3 Å². The summed E-state index contributed by atoms with van der Waals surface area (Å²) in [5, 5.41) is 8.84. The Hall–Kier alpha value is -1.65. The Bertz CT molecular complexity index is 680. The third kappa shape index (κ3) is 2.19. The maximum atomic E-state index is 5.43. The minimum absolute atomic E-state index is 0.316. The predicted octanol–water partition coefficient (Wildman–Crippen LogP) is 3.73. The SMILES string of the molecule is Cc1cc(-c2nc(C3CC3(C)C)no2)nn1C(C)C1CC1. The van der Waals surface area contributed by atoms with Crippen LogP contribution in [0, 0.1) is 18.3 Å². The summed E-state index contributed by atoms with van der Waals surface area (Å²) in [5.41, 5.74) is 2.28. The number of rotatable bonds is 4. The lowest BCUT2D eigenvalue weighted by Crippen LogP contribution is -2.10. The van der Waals surface area contributed by atoms with Crippen LogP contribution in [0.15, 0.2) is 10.6 Å². The van der Waals surface area contributed by atoms with E-state index in [4.69, 9.17) is 9.62 Å². The lowest BCUT2D eigenvalue weighted by Gasteiger charge is -2.12. The van der Waals surface area contributed by atoms with E-state index in [-0.39, 0.29) is 0 Å². The normalized spacial score (nSPS) is 25.0. The Morgan fingerprint density at radius 2 is 2.10 bits per heavy atom. The van der Waals surface area contributed by atoms with E-state index in [0.29, 0.717) is 23.3 Å². The second-order valence-corrected chi connectivity index (χ2v) is 7.40. The van der Waals surface area contributed by atoms with Gasteiger partial charge in [-0.05, 0) is 50.5 Å². The lowest BCUT2D eigenvalue weighted by molar-refractivity contribution is 0.411. The molecule has 0 saturated heterocycles. The summed E-state index contributed by atoms with van der Waals surface area (Å²) in [7, 11) is 0. The van der Waals surface area contributed by atoms with E-state index in [1.54, 1.807) is 0 Å². The van der Waals surface area contributed by atoms with E-state index in [1.807, 2.05) is 6.07 Å². The molecule has 2 atom stereocenters. The molecular formula is C16H22N4O. The fourth-order valence-electron chi connectivity index (χ4n) is 3.17. The van der Waals surface area contributed by atoms with Crippen molar-refractivity contribution in [3.63, 3.8) is 0 Å². The zero-order valence-electron chi connectivity index (χ0n) is 13.1. The quantitative estimate of drug-likeness (QED) is 0.859. The zero-order valence-corrected chi connectivity index (χ0v) is 13.1. The Kier molecular flexibility index (Phi) is 2.60. The topological polar surface area (TPSA) is 56.7 Å². The van der Waals surface area contributed by atoms with Gasteiger partial charge in [-0.25, -0.2) is 0 Å². The average Bonchev–Trinajstić information content (AvgIpc) is 3.27. The molecule has 2 aromatic rings. The third-order valence-electron chi connectivity index (χ3n) is 5.10. The summed E-state index contributed by atoms with van der Waals surface area (Å²) in [5.74, 6) is 2.60. The van der Waals surface area contributed by atoms with Crippen molar-refractivity contribution in [1.82, 2.24) is 19.9 Å². The van der Waals surface area contributed by atoms with Crippen molar-refractivity contribution < 1.29 is 4.52 Å². The smallest absolute Gasteiger partial charge is 0.278 e. The van der Waals surface area contributed by atoms with Gasteiger partial charge in [0.2, 0.25) is 0 Å². The highest BCUT2D eigenvalue weighted by Gasteiger charge is 2.49. The maximum Gasteiger partial charge on any atom is 0.278 e. The molecule has 0 aliphatic heterocycles. The average molecular weight is 286 g/mol. The zero-order chi connectivity index (χ0) is 14.8. The molecule has 0 N–H and O–H groups in total. The molecule has 4 rings (SSSR count). The summed E-state index contributed by atoms with van der Waals surface area (Å²) in [6.07, 6.45) is 3.77. The van der Waals surface area contributed by atoms with Crippen LogP contribution in [-0.4, -0.2) is 19.9 Å². The lowest BCUT2D eigenvalue weighted by atomic mass is 10.1. The van der Waals surface area contributed by atoms with Crippen LogP contribution in [0.3, 0.4) is 0 Å². The largest absolute Gasteiger partial charge is 0.332 e. The molecule has 0 aromatic carbocycles. The van der Waals surface area contributed by atoms with Crippen LogP contribution in [0.25, 0.3) is 11.6 Å².